The molecule has 4 rings (SSSR count). The number of rotatable bonds is 10. The maximum Gasteiger partial charge on any atom is 0.272 e. The lowest BCUT2D eigenvalue weighted by atomic mass is 10.1. The van der Waals surface area contributed by atoms with Crippen molar-refractivity contribution in [3.8, 4) is 11.5 Å². The van der Waals surface area contributed by atoms with E-state index in [1.165, 1.54) is 37.1 Å². The molecule has 0 heterocycles. The Labute approximate surface area is 230 Å². The molecule has 0 aromatic heterocycles. The third-order valence-corrected chi connectivity index (χ3v) is 6.60. The number of benzene rings is 4. The van der Waals surface area contributed by atoms with Gasteiger partial charge in [-0.2, -0.15) is 0 Å². The van der Waals surface area contributed by atoms with Crippen LogP contribution in [0.4, 0.5) is 5.69 Å². The number of carbonyl (C=O) groups excluding carboxylic acids is 3. The van der Waals surface area contributed by atoms with Gasteiger partial charge in [0.05, 0.1) is 12.9 Å². The standard InChI is InChI=1S/C31H26N2O5S/c1-38-29-19-25(34)16-15-23(29)17-27(33-30(36)22-11-6-3-7-12-22)31(37)32-24-13-8-14-26(18-24)39-20-28(35)21-9-4-2-5-10-21/h2-19,34H,20H2,1H3,(H,32,37)(H,33,36)/b27-17-. The maximum atomic E-state index is 13.4. The predicted octanol–water partition coefficient (Wildman–Crippen LogP) is 5.79. The summed E-state index contributed by atoms with van der Waals surface area (Å²) < 4.78 is 5.33. The number of carbonyl (C=O) groups is 3. The van der Waals surface area contributed by atoms with Crippen molar-refractivity contribution in [1.29, 1.82) is 0 Å². The summed E-state index contributed by atoms with van der Waals surface area (Å²) in [7, 11) is 1.44. The van der Waals surface area contributed by atoms with Crippen LogP contribution in [0.2, 0.25) is 0 Å². The van der Waals surface area contributed by atoms with Gasteiger partial charge in [0, 0.05) is 33.3 Å². The molecule has 0 spiro atoms. The van der Waals surface area contributed by atoms with Crippen LogP contribution in [0.5, 0.6) is 11.5 Å². The summed E-state index contributed by atoms with van der Waals surface area (Å²) in [4.78, 5) is 39.5. The van der Waals surface area contributed by atoms with E-state index in [0.717, 1.165) is 4.90 Å². The van der Waals surface area contributed by atoms with Gasteiger partial charge >= 0.3 is 0 Å². The topological polar surface area (TPSA) is 105 Å². The van der Waals surface area contributed by atoms with Gasteiger partial charge in [-0.3, -0.25) is 14.4 Å². The highest BCUT2D eigenvalue weighted by atomic mass is 32.2. The van der Waals surface area contributed by atoms with Crippen LogP contribution in [-0.4, -0.2) is 35.6 Å². The number of nitrogens with one attached hydrogen (secondary N) is 2. The van der Waals surface area contributed by atoms with Crippen LogP contribution in [0.1, 0.15) is 26.3 Å². The second-order valence-electron chi connectivity index (χ2n) is 8.36. The van der Waals surface area contributed by atoms with Crippen LogP contribution in [0.3, 0.4) is 0 Å². The van der Waals surface area contributed by atoms with E-state index in [-0.39, 0.29) is 23.0 Å². The van der Waals surface area contributed by atoms with Crippen LogP contribution in [0, 0.1) is 0 Å². The fourth-order valence-electron chi connectivity index (χ4n) is 3.64. The van der Waals surface area contributed by atoms with E-state index in [4.69, 9.17) is 4.74 Å². The number of phenols is 1. The Balaban J connectivity index is 1.54. The Bertz CT molecular complexity index is 1500. The number of thioether (sulfide) groups is 1. The molecule has 4 aromatic rings. The van der Waals surface area contributed by atoms with E-state index in [9.17, 15) is 19.5 Å². The van der Waals surface area contributed by atoms with Crippen LogP contribution in [-0.2, 0) is 4.79 Å². The number of anilines is 1. The molecule has 0 unspecified atom stereocenters. The SMILES string of the molecule is COc1cc(O)ccc1/C=C(\NC(=O)c1ccccc1)C(=O)Nc1cccc(SCC(=O)c2ccccc2)c1. The van der Waals surface area contributed by atoms with E-state index in [1.807, 2.05) is 24.3 Å². The zero-order valence-electron chi connectivity index (χ0n) is 21.1. The minimum Gasteiger partial charge on any atom is -0.508 e. The third kappa shape index (κ3) is 7.59. The first-order valence-corrected chi connectivity index (χ1v) is 13.0. The number of ketones is 1. The first kappa shape index (κ1) is 27.2. The van der Waals surface area contributed by atoms with Gasteiger partial charge in [-0.1, -0.05) is 54.6 Å². The summed E-state index contributed by atoms with van der Waals surface area (Å²) in [5.74, 6) is -0.429. The Morgan fingerprint density at radius 2 is 1.54 bits per heavy atom. The van der Waals surface area contributed by atoms with Gasteiger partial charge in [-0.25, -0.2) is 0 Å². The molecule has 0 aliphatic carbocycles. The van der Waals surface area contributed by atoms with Crippen LogP contribution >= 0.6 is 11.8 Å². The van der Waals surface area contributed by atoms with Gasteiger partial charge in [0.25, 0.3) is 11.8 Å². The average Bonchev–Trinajstić information content (AvgIpc) is 2.97. The zero-order valence-corrected chi connectivity index (χ0v) is 21.9. The maximum absolute atomic E-state index is 13.4. The zero-order chi connectivity index (χ0) is 27.6. The molecule has 196 valence electrons. The summed E-state index contributed by atoms with van der Waals surface area (Å²) in [5, 5.41) is 15.3. The normalized spacial score (nSPS) is 10.9. The second-order valence-corrected chi connectivity index (χ2v) is 9.41. The molecule has 0 radical (unpaired) electrons. The van der Waals surface area contributed by atoms with E-state index in [1.54, 1.807) is 66.7 Å². The fraction of sp³-hybridized carbons (Fsp3) is 0.0645. The van der Waals surface area contributed by atoms with Gasteiger partial charge in [0.1, 0.15) is 17.2 Å². The summed E-state index contributed by atoms with van der Waals surface area (Å²) in [6, 6.07) is 29.2. The van der Waals surface area contributed by atoms with Crippen molar-refractivity contribution in [2.24, 2.45) is 0 Å². The first-order chi connectivity index (χ1) is 18.9. The highest BCUT2D eigenvalue weighted by Crippen LogP contribution is 2.27. The number of Topliss-reactive ketones (excluding diaryl/α,β-unsaturated/α-hetero) is 1. The number of ether oxygens (including phenoxy) is 1. The fourth-order valence-corrected chi connectivity index (χ4v) is 4.48. The average molecular weight is 539 g/mol. The van der Waals surface area contributed by atoms with Gasteiger partial charge in [-0.05, 0) is 48.5 Å². The number of amides is 2. The predicted molar refractivity (Wildman–Crippen MR) is 153 cm³/mol. The molecule has 4 aromatic carbocycles. The molecular weight excluding hydrogens is 512 g/mol. The molecule has 0 saturated heterocycles. The lowest BCUT2D eigenvalue weighted by molar-refractivity contribution is -0.113. The van der Waals surface area contributed by atoms with Crippen molar-refractivity contribution in [2.75, 3.05) is 18.2 Å². The van der Waals surface area contributed by atoms with E-state index < -0.39 is 11.8 Å². The van der Waals surface area contributed by atoms with Crippen molar-refractivity contribution in [2.45, 2.75) is 4.90 Å². The van der Waals surface area contributed by atoms with Crippen LogP contribution in [0.25, 0.3) is 6.08 Å². The van der Waals surface area contributed by atoms with Crippen molar-refractivity contribution in [3.63, 3.8) is 0 Å². The minimum absolute atomic E-state index is 0.00313. The van der Waals surface area contributed by atoms with E-state index >= 15 is 0 Å². The van der Waals surface area contributed by atoms with Crippen molar-refractivity contribution in [1.82, 2.24) is 5.32 Å². The Morgan fingerprint density at radius 1 is 0.846 bits per heavy atom. The Morgan fingerprint density at radius 3 is 2.23 bits per heavy atom. The lowest BCUT2D eigenvalue weighted by Gasteiger charge is -2.13. The van der Waals surface area contributed by atoms with E-state index in [2.05, 4.69) is 10.6 Å². The van der Waals surface area contributed by atoms with Crippen molar-refractivity contribution in [3.05, 3.63) is 126 Å². The molecule has 0 saturated carbocycles. The van der Waals surface area contributed by atoms with Gasteiger partial charge in [0.15, 0.2) is 5.78 Å². The lowest BCUT2D eigenvalue weighted by Crippen LogP contribution is -2.30. The number of hydrogen-bond acceptors (Lipinski definition) is 6. The molecule has 8 heteroatoms. The number of phenolic OH excluding ortho intramolecular Hbond substituents is 1. The first-order valence-electron chi connectivity index (χ1n) is 12.0. The summed E-state index contributed by atoms with van der Waals surface area (Å²) in [6.45, 7) is 0. The third-order valence-electron chi connectivity index (χ3n) is 5.60. The van der Waals surface area contributed by atoms with Gasteiger partial charge in [-0.15, -0.1) is 11.8 Å². The number of methoxy groups -OCH3 is 1. The van der Waals surface area contributed by atoms with Gasteiger partial charge in [0.2, 0.25) is 0 Å². The molecule has 0 fully saturated rings. The Kier molecular flexibility index (Phi) is 9.16. The summed E-state index contributed by atoms with van der Waals surface area (Å²) in [5.41, 5.74) is 1.98. The summed E-state index contributed by atoms with van der Waals surface area (Å²) in [6.07, 6.45) is 1.48. The molecule has 0 aliphatic heterocycles. The molecule has 39 heavy (non-hydrogen) atoms. The smallest absolute Gasteiger partial charge is 0.272 e. The highest BCUT2D eigenvalue weighted by Gasteiger charge is 2.17. The summed E-state index contributed by atoms with van der Waals surface area (Å²) >= 11 is 1.36. The molecule has 3 N–H and O–H groups in total. The monoisotopic (exact) mass is 538 g/mol. The molecule has 0 bridgehead atoms. The van der Waals surface area contributed by atoms with Crippen LogP contribution < -0.4 is 15.4 Å². The Hall–Kier alpha value is -4.82. The van der Waals surface area contributed by atoms with Crippen molar-refractivity contribution >= 4 is 41.1 Å². The molecular formula is C31H26N2O5S. The molecule has 7 nitrogen and oxygen atoms in total. The van der Waals surface area contributed by atoms with E-state index in [0.29, 0.717) is 28.1 Å². The number of aromatic hydroxyl groups is 1. The molecule has 0 atom stereocenters. The molecule has 2 amide bonds. The largest absolute Gasteiger partial charge is 0.508 e. The van der Waals surface area contributed by atoms with Crippen LogP contribution in [0.15, 0.2) is 114 Å². The second kappa shape index (κ2) is 13.1. The van der Waals surface area contributed by atoms with Crippen molar-refractivity contribution < 1.29 is 24.2 Å². The minimum atomic E-state index is -0.558. The quantitative estimate of drug-likeness (QED) is 0.134. The van der Waals surface area contributed by atoms with Gasteiger partial charge < -0.3 is 20.5 Å². The molecule has 0 aliphatic rings. The highest BCUT2D eigenvalue weighted by molar-refractivity contribution is 8.00. The number of hydrogen-bond donors (Lipinski definition) is 3.